The zero-order valence-corrected chi connectivity index (χ0v) is 16.0. The minimum atomic E-state index is -0.0325. The number of ether oxygens (including phenoxy) is 1. The standard InChI is InChI=1S/C21H23N3O2S/c25-21(20-19(7-14-27-20)24-8-3-4-9-24)22-15-17-5-1-2-6-18(17)16-23-10-12-26-13-11-23/h1-9,14H,10-13,15-16H2,(H,22,25). The van der Waals surface area contributed by atoms with Crippen molar-refractivity contribution in [2.24, 2.45) is 0 Å². The van der Waals surface area contributed by atoms with Crippen LogP contribution in [0, 0.1) is 0 Å². The van der Waals surface area contributed by atoms with Gasteiger partial charge in [0.05, 0.1) is 18.9 Å². The third-order valence-corrected chi connectivity index (χ3v) is 5.69. The van der Waals surface area contributed by atoms with Gasteiger partial charge in [0.1, 0.15) is 4.88 Å². The predicted molar refractivity (Wildman–Crippen MR) is 107 cm³/mol. The van der Waals surface area contributed by atoms with Crippen LogP contribution in [0.15, 0.2) is 60.2 Å². The van der Waals surface area contributed by atoms with Crippen LogP contribution in [0.5, 0.6) is 0 Å². The average Bonchev–Trinajstić information content (AvgIpc) is 3.39. The Labute approximate surface area is 163 Å². The number of morpholine rings is 1. The van der Waals surface area contributed by atoms with Crippen molar-refractivity contribution in [2.75, 3.05) is 26.3 Å². The van der Waals surface area contributed by atoms with Crippen molar-refractivity contribution in [1.29, 1.82) is 0 Å². The normalized spacial score (nSPS) is 15.0. The van der Waals surface area contributed by atoms with Crippen LogP contribution in [0.25, 0.3) is 5.69 Å². The molecule has 27 heavy (non-hydrogen) atoms. The van der Waals surface area contributed by atoms with E-state index in [1.165, 1.54) is 16.9 Å². The highest BCUT2D eigenvalue weighted by Gasteiger charge is 2.16. The first-order valence-electron chi connectivity index (χ1n) is 9.17. The van der Waals surface area contributed by atoms with E-state index < -0.39 is 0 Å². The number of aromatic nitrogens is 1. The summed E-state index contributed by atoms with van der Waals surface area (Å²) in [6, 6.07) is 14.2. The molecule has 4 rings (SSSR count). The third-order valence-electron chi connectivity index (χ3n) is 4.79. The van der Waals surface area contributed by atoms with Gasteiger partial charge in [-0.25, -0.2) is 0 Å². The van der Waals surface area contributed by atoms with Crippen LogP contribution < -0.4 is 5.32 Å². The minimum absolute atomic E-state index is 0.0325. The van der Waals surface area contributed by atoms with Crippen LogP contribution in [-0.4, -0.2) is 41.7 Å². The fraction of sp³-hybridized carbons (Fsp3) is 0.286. The maximum absolute atomic E-state index is 12.8. The maximum atomic E-state index is 12.8. The SMILES string of the molecule is O=C(NCc1ccccc1CN1CCOCC1)c1sccc1-n1cccc1. The zero-order chi connectivity index (χ0) is 18.5. The van der Waals surface area contributed by atoms with Crippen molar-refractivity contribution < 1.29 is 9.53 Å². The van der Waals surface area contributed by atoms with Gasteiger partial charge in [-0.3, -0.25) is 9.69 Å². The molecule has 0 spiro atoms. The van der Waals surface area contributed by atoms with E-state index in [0.29, 0.717) is 6.54 Å². The second-order valence-corrected chi connectivity index (χ2v) is 7.48. The molecule has 0 atom stereocenters. The van der Waals surface area contributed by atoms with Gasteiger partial charge in [-0.15, -0.1) is 11.3 Å². The quantitative estimate of drug-likeness (QED) is 0.713. The Kier molecular flexibility index (Phi) is 5.67. The summed E-state index contributed by atoms with van der Waals surface area (Å²) in [6.45, 7) is 4.91. The molecule has 3 heterocycles. The van der Waals surface area contributed by atoms with E-state index in [1.54, 1.807) is 0 Å². The van der Waals surface area contributed by atoms with Crippen LogP contribution in [-0.2, 0) is 17.8 Å². The molecular formula is C21H23N3O2S. The van der Waals surface area contributed by atoms with Crippen LogP contribution in [0.4, 0.5) is 0 Å². The number of hydrogen-bond acceptors (Lipinski definition) is 4. The molecule has 3 aromatic rings. The van der Waals surface area contributed by atoms with Gasteiger partial charge in [0, 0.05) is 38.6 Å². The number of carbonyl (C=O) groups excluding carboxylic acids is 1. The maximum Gasteiger partial charge on any atom is 0.263 e. The lowest BCUT2D eigenvalue weighted by Gasteiger charge is -2.27. The first-order chi connectivity index (χ1) is 13.3. The lowest BCUT2D eigenvalue weighted by atomic mass is 10.1. The zero-order valence-electron chi connectivity index (χ0n) is 15.1. The molecule has 0 aliphatic carbocycles. The molecule has 0 radical (unpaired) electrons. The Morgan fingerprint density at radius 3 is 2.56 bits per heavy atom. The highest BCUT2D eigenvalue weighted by Crippen LogP contribution is 2.21. The van der Waals surface area contributed by atoms with Crippen molar-refractivity contribution in [2.45, 2.75) is 13.1 Å². The van der Waals surface area contributed by atoms with E-state index in [0.717, 1.165) is 49.0 Å². The van der Waals surface area contributed by atoms with Crippen molar-refractivity contribution in [1.82, 2.24) is 14.8 Å². The molecule has 5 nitrogen and oxygen atoms in total. The monoisotopic (exact) mass is 381 g/mol. The molecule has 0 saturated carbocycles. The summed E-state index contributed by atoms with van der Waals surface area (Å²) >= 11 is 1.47. The van der Waals surface area contributed by atoms with Crippen molar-refractivity contribution >= 4 is 17.2 Å². The number of thiophene rings is 1. The number of nitrogens with zero attached hydrogens (tertiary/aromatic N) is 2. The Hall–Kier alpha value is -2.41. The lowest BCUT2D eigenvalue weighted by Crippen LogP contribution is -2.36. The smallest absolute Gasteiger partial charge is 0.263 e. The van der Waals surface area contributed by atoms with Crippen molar-refractivity contribution in [3.05, 3.63) is 76.2 Å². The van der Waals surface area contributed by atoms with Gasteiger partial charge in [-0.05, 0) is 34.7 Å². The van der Waals surface area contributed by atoms with E-state index in [2.05, 4.69) is 28.4 Å². The fourth-order valence-electron chi connectivity index (χ4n) is 3.31. The minimum Gasteiger partial charge on any atom is -0.379 e. The summed E-state index contributed by atoms with van der Waals surface area (Å²) < 4.78 is 7.40. The van der Waals surface area contributed by atoms with Gasteiger partial charge in [0.25, 0.3) is 5.91 Å². The summed E-state index contributed by atoms with van der Waals surface area (Å²) in [5.74, 6) is -0.0325. The topological polar surface area (TPSA) is 46.5 Å². The van der Waals surface area contributed by atoms with E-state index in [1.807, 2.05) is 46.6 Å². The van der Waals surface area contributed by atoms with Gasteiger partial charge in [0.15, 0.2) is 0 Å². The summed E-state index contributed by atoms with van der Waals surface area (Å²) in [4.78, 5) is 15.9. The summed E-state index contributed by atoms with van der Waals surface area (Å²) in [7, 11) is 0. The van der Waals surface area contributed by atoms with Gasteiger partial charge in [-0.2, -0.15) is 0 Å². The molecule has 0 bridgehead atoms. The highest BCUT2D eigenvalue weighted by atomic mass is 32.1. The molecule has 1 saturated heterocycles. The third kappa shape index (κ3) is 4.30. The first-order valence-corrected chi connectivity index (χ1v) is 10.0. The molecule has 1 N–H and O–H groups in total. The Balaban J connectivity index is 1.43. The van der Waals surface area contributed by atoms with Gasteiger partial charge < -0.3 is 14.6 Å². The number of benzene rings is 1. The number of nitrogens with one attached hydrogen (secondary N) is 1. The molecule has 1 amide bonds. The molecule has 6 heteroatoms. The lowest BCUT2D eigenvalue weighted by molar-refractivity contribution is 0.0340. The molecule has 0 unspecified atom stereocenters. The Bertz CT molecular complexity index is 882. The highest BCUT2D eigenvalue weighted by molar-refractivity contribution is 7.12. The number of rotatable bonds is 6. The first kappa shape index (κ1) is 18.0. The molecule has 1 aliphatic rings. The van der Waals surface area contributed by atoms with Gasteiger partial charge >= 0.3 is 0 Å². The second-order valence-electron chi connectivity index (χ2n) is 6.57. The second kappa shape index (κ2) is 8.52. The molecular weight excluding hydrogens is 358 g/mol. The van der Waals surface area contributed by atoms with E-state index >= 15 is 0 Å². The molecule has 1 fully saturated rings. The molecule has 2 aromatic heterocycles. The fourth-order valence-corrected chi connectivity index (χ4v) is 4.12. The van der Waals surface area contributed by atoms with Crippen molar-refractivity contribution in [3.8, 4) is 5.69 Å². The van der Waals surface area contributed by atoms with Crippen LogP contribution in [0.3, 0.4) is 0 Å². The molecule has 1 aliphatic heterocycles. The predicted octanol–water partition coefficient (Wildman–Crippen LogP) is 3.30. The molecule has 140 valence electrons. The number of hydrogen-bond donors (Lipinski definition) is 1. The van der Waals surface area contributed by atoms with Gasteiger partial charge in [-0.1, -0.05) is 24.3 Å². The summed E-state index contributed by atoms with van der Waals surface area (Å²) in [5, 5.41) is 5.05. The molecule has 1 aromatic carbocycles. The van der Waals surface area contributed by atoms with Crippen LogP contribution in [0.1, 0.15) is 20.8 Å². The van der Waals surface area contributed by atoms with E-state index in [-0.39, 0.29) is 5.91 Å². The number of amides is 1. The Morgan fingerprint density at radius 2 is 1.78 bits per heavy atom. The van der Waals surface area contributed by atoms with Gasteiger partial charge in [0.2, 0.25) is 0 Å². The van der Waals surface area contributed by atoms with Crippen LogP contribution in [0.2, 0.25) is 0 Å². The number of carbonyl (C=O) groups is 1. The average molecular weight is 382 g/mol. The van der Waals surface area contributed by atoms with E-state index in [4.69, 9.17) is 4.74 Å². The largest absolute Gasteiger partial charge is 0.379 e. The summed E-state index contributed by atoms with van der Waals surface area (Å²) in [5.41, 5.74) is 3.34. The van der Waals surface area contributed by atoms with Crippen LogP contribution >= 0.6 is 11.3 Å². The Morgan fingerprint density at radius 1 is 1.04 bits per heavy atom. The van der Waals surface area contributed by atoms with Crippen molar-refractivity contribution in [3.63, 3.8) is 0 Å². The summed E-state index contributed by atoms with van der Waals surface area (Å²) in [6.07, 6.45) is 3.91. The van der Waals surface area contributed by atoms with E-state index in [9.17, 15) is 4.79 Å².